The van der Waals surface area contributed by atoms with E-state index >= 15 is 0 Å². The minimum Gasteiger partial charge on any atom is -0.379 e. The van der Waals surface area contributed by atoms with E-state index in [0.29, 0.717) is 13.2 Å². The Morgan fingerprint density at radius 1 is 1.39 bits per heavy atom. The van der Waals surface area contributed by atoms with E-state index < -0.39 is 0 Å². The van der Waals surface area contributed by atoms with E-state index in [0.717, 1.165) is 26.6 Å². The third-order valence-electron chi connectivity index (χ3n) is 2.69. The molecule has 1 unspecified atom stereocenters. The second-order valence-corrected chi connectivity index (χ2v) is 5.97. The van der Waals surface area contributed by atoms with Gasteiger partial charge in [-0.2, -0.15) is 0 Å². The maximum absolute atomic E-state index is 11.8. The van der Waals surface area contributed by atoms with Crippen molar-refractivity contribution < 1.29 is 9.53 Å². The lowest BCUT2D eigenvalue weighted by Gasteiger charge is -2.14. The number of rotatable bonds is 2. The summed E-state index contributed by atoms with van der Waals surface area (Å²) in [6, 6.07) is 3.81. The van der Waals surface area contributed by atoms with Crippen LogP contribution in [0.5, 0.6) is 0 Å². The van der Waals surface area contributed by atoms with Gasteiger partial charge in [0.2, 0.25) is 0 Å². The zero-order chi connectivity index (χ0) is 13.1. The fraction of sp³-hybridized carbons (Fsp3) is 0.417. The molecule has 1 saturated heterocycles. The quantitative estimate of drug-likeness (QED) is 0.829. The van der Waals surface area contributed by atoms with Crippen LogP contribution in [0.4, 0.5) is 10.5 Å². The van der Waals surface area contributed by atoms with Crippen LogP contribution in [0.15, 0.2) is 21.1 Å². The van der Waals surface area contributed by atoms with E-state index in [-0.39, 0.29) is 12.1 Å². The molecule has 0 aromatic heterocycles. The first kappa shape index (κ1) is 13.8. The molecule has 6 heteroatoms. The van der Waals surface area contributed by atoms with Gasteiger partial charge >= 0.3 is 6.03 Å². The molecule has 18 heavy (non-hydrogen) atoms. The van der Waals surface area contributed by atoms with Gasteiger partial charge in [-0.15, -0.1) is 0 Å². The van der Waals surface area contributed by atoms with E-state index in [1.54, 1.807) is 0 Å². The molecule has 1 aromatic rings. The summed E-state index contributed by atoms with van der Waals surface area (Å²) in [5, 5.41) is 5.71. The van der Waals surface area contributed by atoms with Gasteiger partial charge in [-0.25, -0.2) is 4.79 Å². The van der Waals surface area contributed by atoms with Gasteiger partial charge in [0.15, 0.2) is 0 Å². The third-order valence-corrected chi connectivity index (χ3v) is 3.94. The van der Waals surface area contributed by atoms with Crippen LogP contribution >= 0.6 is 31.9 Å². The average molecular weight is 378 g/mol. The van der Waals surface area contributed by atoms with Crippen LogP contribution in [0.3, 0.4) is 0 Å². The van der Waals surface area contributed by atoms with Gasteiger partial charge in [-0.3, -0.25) is 0 Å². The summed E-state index contributed by atoms with van der Waals surface area (Å²) in [5.41, 5.74) is 1.85. The van der Waals surface area contributed by atoms with Gasteiger partial charge < -0.3 is 15.4 Å². The molecule has 0 saturated carbocycles. The van der Waals surface area contributed by atoms with E-state index in [1.807, 2.05) is 19.1 Å². The highest BCUT2D eigenvalue weighted by Crippen LogP contribution is 2.32. The zero-order valence-corrected chi connectivity index (χ0v) is 13.1. The molecular weight excluding hydrogens is 364 g/mol. The predicted octanol–water partition coefficient (Wildman–Crippen LogP) is 3.43. The topological polar surface area (TPSA) is 50.4 Å². The molecule has 0 aliphatic carbocycles. The number of nitrogens with one attached hydrogen (secondary N) is 2. The highest BCUT2D eigenvalue weighted by molar-refractivity contribution is 9.11. The Morgan fingerprint density at radius 2 is 2.06 bits per heavy atom. The number of amides is 2. The van der Waals surface area contributed by atoms with Crippen molar-refractivity contribution in [3.63, 3.8) is 0 Å². The SMILES string of the molecule is Cc1cc(Br)c(NC(=O)NC2CCOC2)c(Br)c1. The van der Waals surface area contributed by atoms with Crippen LogP contribution in [-0.2, 0) is 4.74 Å². The first-order valence-electron chi connectivity index (χ1n) is 5.67. The van der Waals surface area contributed by atoms with Crippen LogP contribution in [0.2, 0.25) is 0 Å². The Bertz CT molecular complexity index is 436. The molecule has 1 fully saturated rings. The number of urea groups is 1. The summed E-state index contributed by atoms with van der Waals surface area (Å²) in [6.45, 7) is 3.29. The number of hydrogen-bond donors (Lipinski definition) is 2. The number of hydrogen-bond acceptors (Lipinski definition) is 2. The third kappa shape index (κ3) is 3.46. The Morgan fingerprint density at radius 3 is 2.61 bits per heavy atom. The molecule has 1 aromatic carbocycles. The van der Waals surface area contributed by atoms with Crippen molar-refractivity contribution in [2.45, 2.75) is 19.4 Å². The van der Waals surface area contributed by atoms with E-state index in [4.69, 9.17) is 4.74 Å². The number of halogens is 2. The van der Waals surface area contributed by atoms with Crippen molar-refractivity contribution in [2.75, 3.05) is 18.5 Å². The lowest BCUT2D eigenvalue weighted by Crippen LogP contribution is -2.38. The fourth-order valence-electron chi connectivity index (χ4n) is 1.80. The van der Waals surface area contributed by atoms with Gasteiger partial charge in [0, 0.05) is 15.6 Å². The molecule has 4 nitrogen and oxygen atoms in total. The highest BCUT2D eigenvalue weighted by atomic mass is 79.9. The molecule has 1 aliphatic rings. The van der Waals surface area contributed by atoms with Gasteiger partial charge in [-0.05, 0) is 62.9 Å². The smallest absolute Gasteiger partial charge is 0.319 e. The molecule has 98 valence electrons. The monoisotopic (exact) mass is 376 g/mol. The van der Waals surface area contributed by atoms with Crippen LogP contribution in [0.1, 0.15) is 12.0 Å². The molecule has 2 amide bonds. The van der Waals surface area contributed by atoms with Gasteiger partial charge in [0.1, 0.15) is 0 Å². The molecule has 0 bridgehead atoms. The molecule has 1 aliphatic heterocycles. The van der Waals surface area contributed by atoms with Crippen molar-refractivity contribution in [3.05, 3.63) is 26.6 Å². The van der Waals surface area contributed by atoms with Crippen molar-refractivity contribution in [1.29, 1.82) is 0 Å². The lowest BCUT2D eigenvalue weighted by atomic mass is 10.2. The maximum Gasteiger partial charge on any atom is 0.319 e. The summed E-state index contributed by atoms with van der Waals surface area (Å²) in [6.07, 6.45) is 0.865. The minimum atomic E-state index is -0.212. The van der Waals surface area contributed by atoms with Crippen LogP contribution in [-0.4, -0.2) is 25.3 Å². The normalized spacial score (nSPS) is 18.7. The Labute approximate surface area is 123 Å². The van der Waals surface area contributed by atoms with E-state index in [9.17, 15) is 4.79 Å². The molecule has 2 rings (SSSR count). The molecule has 2 N–H and O–H groups in total. The number of carbonyl (C=O) groups excluding carboxylic acids is 1. The lowest BCUT2D eigenvalue weighted by molar-refractivity contribution is 0.189. The fourth-order valence-corrected chi connectivity index (χ4v) is 3.42. The van der Waals surface area contributed by atoms with Crippen LogP contribution in [0.25, 0.3) is 0 Å². The largest absolute Gasteiger partial charge is 0.379 e. The Kier molecular flexibility index (Phi) is 4.64. The Hall–Kier alpha value is -0.590. The summed E-state index contributed by atoms with van der Waals surface area (Å²) >= 11 is 6.88. The standard InChI is InChI=1S/C12H14Br2N2O2/c1-7-4-9(13)11(10(14)5-7)16-12(17)15-8-2-3-18-6-8/h4-5,8H,2-3,6H2,1H3,(H2,15,16,17). The number of benzene rings is 1. The van der Waals surface area contributed by atoms with Crippen LogP contribution in [0, 0.1) is 6.92 Å². The van der Waals surface area contributed by atoms with Crippen molar-refractivity contribution in [2.24, 2.45) is 0 Å². The van der Waals surface area contributed by atoms with Gasteiger partial charge in [-0.1, -0.05) is 0 Å². The molecular formula is C12H14Br2N2O2. The molecule has 1 atom stereocenters. The van der Waals surface area contributed by atoms with Crippen LogP contribution < -0.4 is 10.6 Å². The van der Waals surface area contributed by atoms with Gasteiger partial charge in [0.05, 0.1) is 18.3 Å². The maximum atomic E-state index is 11.8. The highest BCUT2D eigenvalue weighted by Gasteiger charge is 2.18. The number of anilines is 1. The average Bonchev–Trinajstić information content (AvgIpc) is 2.76. The summed E-state index contributed by atoms with van der Waals surface area (Å²) in [5.74, 6) is 0. The number of aryl methyl sites for hydroxylation is 1. The minimum absolute atomic E-state index is 0.105. The van der Waals surface area contributed by atoms with Crippen molar-refractivity contribution in [3.8, 4) is 0 Å². The van der Waals surface area contributed by atoms with E-state index in [1.165, 1.54) is 0 Å². The number of carbonyl (C=O) groups is 1. The van der Waals surface area contributed by atoms with Gasteiger partial charge in [0.25, 0.3) is 0 Å². The summed E-state index contributed by atoms with van der Waals surface area (Å²) < 4.78 is 6.92. The van der Waals surface area contributed by atoms with Crippen molar-refractivity contribution >= 4 is 43.6 Å². The Balaban J connectivity index is 2.02. The zero-order valence-electron chi connectivity index (χ0n) is 9.93. The summed E-state index contributed by atoms with van der Waals surface area (Å²) in [7, 11) is 0. The van der Waals surface area contributed by atoms with E-state index in [2.05, 4.69) is 42.5 Å². The summed E-state index contributed by atoms with van der Waals surface area (Å²) in [4.78, 5) is 11.8. The second kappa shape index (κ2) is 6.04. The first-order valence-corrected chi connectivity index (χ1v) is 7.26. The van der Waals surface area contributed by atoms with Crippen molar-refractivity contribution in [1.82, 2.24) is 5.32 Å². The first-order chi connectivity index (χ1) is 8.56. The second-order valence-electron chi connectivity index (χ2n) is 4.26. The molecule has 0 spiro atoms. The molecule has 0 radical (unpaired) electrons. The number of ether oxygens (including phenoxy) is 1. The molecule has 1 heterocycles. The predicted molar refractivity (Wildman–Crippen MR) is 78.0 cm³/mol.